The lowest BCUT2D eigenvalue weighted by Crippen LogP contribution is -2.32. The van der Waals surface area contributed by atoms with Gasteiger partial charge in [0.25, 0.3) is 0 Å². The summed E-state index contributed by atoms with van der Waals surface area (Å²) in [6.07, 6.45) is 2.23. The van der Waals surface area contributed by atoms with Gasteiger partial charge in [-0.05, 0) is 12.5 Å². The number of nitrogens with two attached hydrogens (primary N) is 1. The highest BCUT2D eigenvalue weighted by Gasteiger charge is 1.97. The van der Waals surface area contributed by atoms with Crippen molar-refractivity contribution in [3.8, 4) is 5.88 Å². The maximum absolute atomic E-state index is 5.71. The van der Waals surface area contributed by atoms with Gasteiger partial charge in [-0.15, -0.1) is 24.0 Å². The first kappa shape index (κ1) is 16.9. The van der Waals surface area contributed by atoms with E-state index >= 15 is 0 Å². The Bertz CT molecular complexity index is 371. The molecule has 5 nitrogen and oxygen atoms in total. The second kappa shape index (κ2) is 9.93. The highest BCUT2D eigenvalue weighted by Crippen LogP contribution is 2.07. The average Bonchev–Trinajstić information content (AvgIpc) is 2.37. The van der Waals surface area contributed by atoms with Crippen molar-refractivity contribution in [2.75, 3.05) is 13.7 Å². The molecule has 1 aromatic heterocycles. The third kappa shape index (κ3) is 6.63. The molecule has 1 rings (SSSR count). The van der Waals surface area contributed by atoms with Crippen LogP contribution >= 0.6 is 24.0 Å². The number of nitrogens with one attached hydrogen (secondary N) is 1. The fourth-order valence-electron chi connectivity index (χ4n) is 1.27. The highest BCUT2D eigenvalue weighted by molar-refractivity contribution is 14.0. The van der Waals surface area contributed by atoms with Crippen molar-refractivity contribution in [3.63, 3.8) is 0 Å². The van der Waals surface area contributed by atoms with E-state index in [0.29, 0.717) is 18.4 Å². The third-order valence-corrected chi connectivity index (χ3v) is 2.24. The summed E-state index contributed by atoms with van der Waals surface area (Å²) in [6.45, 7) is 3.45. The van der Waals surface area contributed by atoms with Gasteiger partial charge in [0.15, 0.2) is 5.96 Å². The fourth-order valence-corrected chi connectivity index (χ4v) is 1.27. The van der Waals surface area contributed by atoms with Gasteiger partial charge in [0, 0.05) is 12.6 Å². The largest absolute Gasteiger partial charge is 0.481 e. The lowest BCUT2D eigenvalue weighted by molar-refractivity contribution is 0.396. The zero-order chi connectivity index (χ0) is 12.5. The van der Waals surface area contributed by atoms with Crippen LogP contribution in [0.15, 0.2) is 23.2 Å². The first-order valence-electron chi connectivity index (χ1n) is 5.80. The van der Waals surface area contributed by atoms with Crippen molar-refractivity contribution < 1.29 is 4.74 Å². The second-order valence-electron chi connectivity index (χ2n) is 3.65. The Morgan fingerprint density at radius 1 is 1.50 bits per heavy atom. The Balaban J connectivity index is 0.00000289. The number of aliphatic imine (C=N–C) groups is 1. The van der Waals surface area contributed by atoms with Crippen LogP contribution in [-0.4, -0.2) is 24.6 Å². The predicted octanol–water partition coefficient (Wildman–Crippen LogP) is 1.91. The first-order chi connectivity index (χ1) is 8.26. The predicted molar refractivity (Wildman–Crippen MR) is 84.4 cm³/mol. The Hall–Kier alpha value is -1.05. The molecule has 0 atom stereocenters. The van der Waals surface area contributed by atoms with E-state index in [2.05, 4.69) is 22.2 Å². The van der Waals surface area contributed by atoms with Crippen LogP contribution in [0.4, 0.5) is 0 Å². The molecule has 0 aliphatic carbocycles. The van der Waals surface area contributed by atoms with E-state index < -0.39 is 0 Å². The topological polar surface area (TPSA) is 72.5 Å². The van der Waals surface area contributed by atoms with Gasteiger partial charge >= 0.3 is 0 Å². The van der Waals surface area contributed by atoms with Crippen LogP contribution in [0, 0.1) is 0 Å². The Morgan fingerprint density at radius 3 is 2.94 bits per heavy atom. The molecule has 0 aromatic carbocycles. The van der Waals surface area contributed by atoms with Crippen molar-refractivity contribution in [1.29, 1.82) is 0 Å². The number of methoxy groups -OCH3 is 1. The molecular formula is C12H21IN4O. The number of hydrogen-bond acceptors (Lipinski definition) is 3. The van der Waals surface area contributed by atoms with Crippen LogP contribution in [0.5, 0.6) is 5.88 Å². The second-order valence-corrected chi connectivity index (χ2v) is 3.65. The van der Waals surface area contributed by atoms with E-state index in [4.69, 9.17) is 10.5 Å². The molecule has 3 N–H and O–H groups in total. The lowest BCUT2D eigenvalue weighted by Gasteiger charge is -2.04. The molecule has 0 fully saturated rings. The molecule has 0 saturated carbocycles. The van der Waals surface area contributed by atoms with Crippen LogP contribution < -0.4 is 15.8 Å². The van der Waals surface area contributed by atoms with Crippen LogP contribution in [0.2, 0.25) is 0 Å². The quantitative estimate of drug-likeness (QED) is 0.350. The van der Waals surface area contributed by atoms with Gasteiger partial charge in [-0.2, -0.15) is 0 Å². The monoisotopic (exact) mass is 364 g/mol. The van der Waals surface area contributed by atoms with Gasteiger partial charge in [-0.25, -0.2) is 9.98 Å². The SMILES string of the molecule is CCCCNC(N)=NCc1cccc(OC)n1.I. The molecule has 0 unspecified atom stereocenters. The number of rotatable bonds is 6. The summed E-state index contributed by atoms with van der Waals surface area (Å²) >= 11 is 0. The van der Waals surface area contributed by atoms with E-state index in [1.807, 2.05) is 12.1 Å². The Morgan fingerprint density at radius 2 is 2.28 bits per heavy atom. The molecule has 0 spiro atoms. The normalized spacial score (nSPS) is 10.7. The van der Waals surface area contributed by atoms with Crippen molar-refractivity contribution in [3.05, 3.63) is 23.9 Å². The molecule has 1 heterocycles. The maximum atomic E-state index is 5.71. The number of halogens is 1. The number of ether oxygens (including phenoxy) is 1. The molecule has 0 aliphatic rings. The standard InChI is InChI=1S/C12H20N4O.HI/c1-3-4-8-14-12(13)15-9-10-6-5-7-11(16-10)17-2;/h5-7H,3-4,8-9H2,1-2H3,(H3,13,14,15);1H. The molecule has 6 heteroatoms. The summed E-state index contributed by atoms with van der Waals surface area (Å²) in [4.78, 5) is 8.45. The summed E-state index contributed by atoms with van der Waals surface area (Å²) < 4.78 is 5.03. The van der Waals surface area contributed by atoms with Gasteiger partial charge in [0.05, 0.1) is 19.3 Å². The molecule has 0 radical (unpaired) electrons. The summed E-state index contributed by atoms with van der Waals surface area (Å²) in [6, 6.07) is 5.58. The number of guanidine groups is 1. The minimum atomic E-state index is 0. The van der Waals surface area contributed by atoms with Crippen molar-refractivity contribution in [2.45, 2.75) is 26.3 Å². The van der Waals surface area contributed by atoms with Crippen LogP contribution in [0.25, 0.3) is 0 Å². The number of hydrogen-bond donors (Lipinski definition) is 2. The van der Waals surface area contributed by atoms with Gasteiger partial charge in [-0.3, -0.25) is 0 Å². The Kier molecular flexibility index (Phi) is 9.35. The van der Waals surface area contributed by atoms with Crippen molar-refractivity contribution in [2.24, 2.45) is 10.7 Å². The van der Waals surface area contributed by atoms with Crippen LogP contribution in [-0.2, 0) is 6.54 Å². The number of pyridine rings is 1. The zero-order valence-electron chi connectivity index (χ0n) is 10.8. The number of nitrogens with zero attached hydrogens (tertiary/aromatic N) is 2. The fraction of sp³-hybridized carbons (Fsp3) is 0.500. The minimum absolute atomic E-state index is 0. The molecule has 0 aliphatic heterocycles. The Labute approximate surface area is 125 Å². The van der Waals surface area contributed by atoms with E-state index in [9.17, 15) is 0 Å². The molecular weight excluding hydrogens is 343 g/mol. The molecule has 18 heavy (non-hydrogen) atoms. The van der Waals surface area contributed by atoms with Crippen molar-refractivity contribution in [1.82, 2.24) is 10.3 Å². The maximum Gasteiger partial charge on any atom is 0.213 e. The van der Waals surface area contributed by atoms with E-state index in [-0.39, 0.29) is 24.0 Å². The van der Waals surface area contributed by atoms with Gasteiger partial charge < -0.3 is 15.8 Å². The summed E-state index contributed by atoms with van der Waals surface area (Å²) in [7, 11) is 1.59. The average molecular weight is 364 g/mol. The molecule has 0 saturated heterocycles. The smallest absolute Gasteiger partial charge is 0.213 e. The molecule has 102 valence electrons. The molecule has 1 aromatic rings. The highest BCUT2D eigenvalue weighted by atomic mass is 127. The number of unbranched alkanes of at least 4 members (excludes halogenated alkanes) is 1. The van der Waals surface area contributed by atoms with E-state index in [1.165, 1.54) is 0 Å². The van der Waals surface area contributed by atoms with Crippen LogP contribution in [0.1, 0.15) is 25.5 Å². The first-order valence-corrected chi connectivity index (χ1v) is 5.80. The van der Waals surface area contributed by atoms with Crippen molar-refractivity contribution >= 4 is 29.9 Å². The summed E-state index contributed by atoms with van der Waals surface area (Å²) in [5.41, 5.74) is 6.55. The van der Waals surface area contributed by atoms with Crippen LogP contribution in [0.3, 0.4) is 0 Å². The van der Waals surface area contributed by atoms with E-state index in [0.717, 1.165) is 25.1 Å². The van der Waals surface area contributed by atoms with Gasteiger partial charge in [-0.1, -0.05) is 19.4 Å². The summed E-state index contributed by atoms with van der Waals surface area (Å²) in [5.74, 6) is 1.05. The number of aromatic nitrogens is 1. The molecule has 0 amide bonds. The lowest BCUT2D eigenvalue weighted by atomic mass is 10.3. The summed E-state index contributed by atoms with van der Waals surface area (Å²) in [5, 5.41) is 3.05. The third-order valence-electron chi connectivity index (χ3n) is 2.24. The zero-order valence-corrected chi connectivity index (χ0v) is 13.2. The van der Waals surface area contributed by atoms with E-state index in [1.54, 1.807) is 13.2 Å². The van der Waals surface area contributed by atoms with Gasteiger partial charge in [0.2, 0.25) is 5.88 Å². The van der Waals surface area contributed by atoms with Gasteiger partial charge in [0.1, 0.15) is 0 Å². The minimum Gasteiger partial charge on any atom is -0.481 e. The molecule has 0 bridgehead atoms.